The van der Waals surface area contributed by atoms with Gasteiger partial charge in [-0.1, -0.05) is 55.5 Å². The number of ether oxygens (including phenoxy) is 1. The van der Waals surface area contributed by atoms with Crippen molar-refractivity contribution in [2.75, 3.05) is 6.61 Å². The molecule has 3 N–H and O–H groups in total. The van der Waals surface area contributed by atoms with Gasteiger partial charge >= 0.3 is 12.1 Å². The van der Waals surface area contributed by atoms with E-state index in [9.17, 15) is 14.4 Å². The van der Waals surface area contributed by atoms with E-state index in [1.165, 1.54) is 11.1 Å². The summed E-state index contributed by atoms with van der Waals surface area (Å²) in [5, 5.41) is 14.6. The fraction of sp³-hybridized carbons (Fsp3) is 0.423. The molecule has 0 radical (unpaired) electrons. The molecule has 0 spiro atoms. The van der Waals surface area contributed by atoms with Crippen LogP contribution in [-0.2, 0) is 14.3 Å². The Hall–Kier alpha value is -3.35. The molecule has 2 atom stereocenters. The lowest BCUT2D eigenvalue weighted by atomic mass is 9.78. The highest BCUT2D eigenvalue weighted by atomic mass is 16.5. The van der Waals surface area contributed by atoms with Crippen LogP contribution in [0.1, 0.15) is 50.2 Å². The third-order valence-corrected chi connectivity index (χ3v) is 6.90. The molecule has 0 saturated heterocycles. The Kier molecular flexibility index (Phi) is 6.67. The normalized spacial score (nSPS) is 20.5. The van der Waals surface area contributed by atoms with Crippen molar-refractivity contribution in [1.29, 1.82) is 0 Å². The average molecular weight is 451 g/mol. The second kappa shape index (κ2) is 9.65. The molecule has 2 amide bonds. The van der Waals surface area contributed by atoms with Crippen LogP contribution in [0, 0.1) is 11.8 Å². The van der Waals surface area contributed by atoms with Gasteiger partial charge in [-0.3, -0.25) is 9.59 Å². The Labute approximate surface area is 193 Å². The highest BCUT2D eigenvalue weighted by Crippen LogP contribution is 2.44. The van der Waals surface area contributed by atoms with Gasteiger partial charge in [0.15, 0.2) is 0 Å². The molecular weight excluding hydrogens is 420 g/mol. The van der Waals surface area contributed by atoms with Gasteiger partial charge in [0, 0.05) is 24.4 Å². The molecular formula is C26H30N2O5. The topological polar surface area (TPSA) is 105 Å². The molecule has 7 nitrogen and oxygen atoms in total. The second-order valence-electron chi connectivity index (χ2n) is 9.19. The Balaban J connectivity index is 1.26. The van der Waals surface area contributed by atoms with E-state index in [2.05, 4.69) is 34.9 Å². The maximum atomic E-state index is 12.5. The Morgan fingerprint density at radius 2 is 1.58 bits per heavy atom. The molecule has 0 aliphatic heterocycles. The Bertz CT molecular complexity index is 1000. The summed E-state index contributed by atoms with van der Waals surface area (Å²) in [6.07, 6.45) is 0.953. The number of aliphatic carboxylic acids is 1. The lowest BCUT2D eigenvalue weighted by molar-refractivity contribution is -0.139. The first-order valence-electron chi connectivity index (χ1n) is 11.5. The number of hydrogen-bond donors (Lipinski definition) is 3. The summed E-state index contributed by atoms with van der Waals surface area (Å²) in [6, 6.07) is 15.9. The number of carboxylic acids is 1. The molecule has 2 aliphatic carbocycles. The number of rotatable bonds is 8. The highest BCUT2D eigenvalue weighted by molar-refractivity contribution is 5.81. The van der Waals surface area contributed by atoms with Crippen molar-refractivity contribution in [3.63, 3.8) is 0 Å². The first-order chi connectivity index (χ1) is 15.8. The van der Waals surface area contributed by atoms with Gasteiger partial charge < -0.3 is 20.5 Å². The molecule has 0 bridgehead atoms. The SMILES string of the molecule is CC(NC(=O)OCC1c2ccccc2-c2ccccc21)C(C)C(=O)NC1CC(CC(=O)O)C1. The summed E-state index contributed by atoms with van der Waals surface area (Å²) >= 11 is 0. The van der Waals surface area contributed by atoms with Crippen molar-refractivity contribution in [2.45, 2.75) is 51.1 Å². The summed E-state index contributed by atoms with van der Waals surface area (Å²) in [5.74, 6) is -1.29. The van der Waals surface area contributed by atoms with Gasteiger partial charge in [0.1, 0.15) is 6.61 Å². The first kappa shape index (κ1) is 22.8. The van der Waals surface area contributed by atoms with Gasteiger partial charge in [0.2, 0.25) is 5.91 Å². The van der Waals surface area contributed by atoms with E-state index >= 15 is 0 Å². The van der Waals surface area contributed by atoms with Crippen LogP contribution in [0.4, 0.5) is 4.79 Å². The molecule has 2 unspecified atom stereocenters. The van der Waals surface area contributed by atoms with Gasteiger partial charge in [-0.25, -0.2) is 4.79 Å². The summed E-state index contributed by atoms with van der Waals surface area (Å²) in [4.78, 5) is 35.7. The first-order valence-corrected chi connectivity index (χ1v) is 11.5. The average Bonchev–Trinajstić information content (AvgIpc) is 3.09. The fourth-order valence-electron chi connectivity index (χ4n) is 4.78. The monoisotopic (exact) mass is 450 g/mol. The van der Waals surface area contributed by atoms with E-state index in [-0.39, 0.29) is 36.8 Å². The number of carbonyl (C=O) groups is 3. The summed E-state index contributed by atoms with van der Waals surface area (Å²) in [6.45, 7) is 3.76. The van der Waals surface area contributed by atoms with Crippen LogP contribution in [0.2, 0.25) is 0 Å². The van der Waals surface area contributed by atoms with Crippen LogP contribution in [0.5, 0.6) is 0 Å². The van der Waals surface area contributed by atoms with E-state index in [4.69, 9.17) is 9.84 Å². The van der Waals surface area contributed by atoms with Crippen LogP contribution < -0.4 is 10.6 Å². The minimum Gasteiger partial charge on any atom is -0.481 e. The molecule has 0 aromatic heterocycles. The standard InChI is InChI=1S/C26H30N2O5/c1-15(25(31)28-18-11-17(12-18)13-24(29)30)16(2)27-26(32)33-14-23-21-9-5-3-7-19(21)20-8-4-6-10-22(20)23/h3-10,15-18,23H,11-14H2,1-2H3,(H,27,32)(H,28,31)(H,29,30). The van der Waals surface area contributed by atoms with Crippen molar-refractivity contribution < 1.29 is 24.2 Å². The smallest absolute Gasteiger partial charge is 0.407 e. The van der Waals surface area contributed by atoms with Gasteiger partial charge in [-0.2, -0.15) is 0 Å². The zero-order chi connectivity index (χ0) is 23.5. The highest BCUT2D eigenvalue weighted by Gasteiger charge is 2.34. The second-order valence-corrected chi connectivity index (χ2v) is 9.19. The summed E-state index contributed by atoms with van der Waals surface area (Å²) < 4.78 is 5.57. The van der Waals surface area contributed by atoms with Gasteiger partial charge in [-0.05, 0) is 47.9 Å². The number of carboxylic acid groups (broad SMARTS) is 1. The van der Waals surface area contributed by atoms with Crippen molar-refractivity contribution in [1.82, 2.24) is 10.6 Å². The molecule has 1 saturated carbocycles. The van der Waals surface area contributed by atoms with Crippen LogP contribution in [-0.4, -0.2) is 41.8 Å². The third-order valence-electron chi connectivity index (χ3n) is 6.90. The van der Waals surface area contributed by atoms with E-state index < -0.39 is 24.0 Å². The Morgan fingerprint density at radius 3 is 2.15 bits per heavy atom. The number of carbonyl (C=O) groups excluding carboxylic acids is 2. The third kappa shape index (κ3) is 5.02. The van der Waals surface area contributed by atoms with E-state index in [0.717, 1.165) is 11.1 Å². The largest absolute Gasteiger partial charge is 0.481 e. The quantitative estimate of drug-likeness (QED) is 0.565. The van der Waals surface area contributed by atoms with E-state index in [1.807, 2.05) is 24.3 Å². The van der Waals surface area contributed by atoms with Crippen LogP contribution >= 0.6 is 0 Å². The molecule has 4 rings (SSSR count). The molecule has 2 aromatic carbocycles. The predicted octanol–water partition coefficient (Wildman–Crippen LogP) is 3.92. The number of amides is 2. The molecule has 1 fully saturated rings. The fourth-order valence-corrected chi connectivity index (χ4v) is 4.78. The molecule has 2 aliphatic rings. The lowest BCUT2D eigenvalue weighted by Gasteiger charge is -2.36. The molecule has 0 heterocycles. The number of fused-ring (bicyclic) bond motifs is 3. The van der Waals surface area contributed by atoms with Crippen molar-refractivity contribution in [2.24, 2.45) is 11.8 Å². The maximum absolute atomic E-state index is 12.5. The molecule has 7 heteroatoms. The minimum atomic E-state index is -0.806. The van der Waals surface area contributed by atoms with Gasteiger partial charge in [0.25, 0.3) is 0 Å². The number of benzene rings is 2. The lowest BCUT2D eigenvalue weighted by Crippen LogP contribution is -2.50. The zero-order valence-corrected chi connectivity index (χ0v) is 18.9. The summed E-state index contributed by atoms with van der Waals surface area (Å²) in [5.41, 5.74) is 4.63. The molecule has 174 valence electrons. The molecule has 33 heavy (non-hydrogen) atoms. The number of hydrogen-bond acceptors (Lipinski definition) is 4. The Morgan fingerprint density at radius 1 is 1.00 bits per heavy atom. The van der Waals surface area contributed by atoms with E-state index in [0.29, 0.717) is 12.8 Å². The summed E-state index contributed by atoms with van der Waals surface area (Å²) in [7, 11) is 0. The van der Waals surface area contributed by atoms with Crippen LogP contribution in [0.15, 0.2) is 48.5 Å². The van der Waals surface area contributed by atoms with Crippen molar-refractivity contribution in [3.05, 3.63) is 59.7 Å². The zero-order valence-electron chi connectivity index (χ0n) is 18.9. The minimum absolute atomic E-state index is 0.00551. The van der Waals surface area contributed by atoms with Crippen LogP contribution in [0.3, 0.4) is 0 Å². The van der Waals surface area contributed by atoms with Gasteiger partial charge in [-0.15, -0.1) is 0 Å². The predicted molar refractivity (Wildman–Crippen MR) is 124 cm³/mol. The number of nitrogens with one attached hydrogen (secondary N) is 2. The van der Waals surface area contributed by atoms with Crippen molar-refractivity contribution >= 4 is 18.0 Å². The van der Waals surface area contributed by atoms with Crippen LogP contribution in [0.25, 0.3) is 11.1 Å². The van der Waals surface area contributed by atoms with Crippen molar-refractivity contribution in [3.8, 4) is 11.1 Å². The molecule has 2 aromatic rings. The maximum Gasteiger partial charge on any atom is 0.407 e. The van der Waals surface area contributed by atoms with E-state index in [1.54, 1.807) is 13.8 Å². The number of alkyl carbamates (subject to hydrolysis) is 1. The van der Waals surface area contributed by atoms with Gasteiger partial charge in [0.05, 0.1) is 5.92 Å².